The first-order valence-electron chi connectivity index (χ1n) is 10.8. The number of benzene rings is 3. The molecule has 0 amide bonds. The van der Waals surface area contributed by atoms with E-state index in [1.165, 1.54) is 16.9 Å². The van der Waals surface area contributed by atoms with E-state index in [1.54, 1.807) is 12.1 Å². The van der Waals surface area contributed by atoms with Gasteiger partial charge in [-0.3, -0.25) is 4.79 Å². The third kappa shape index (κ3) is 5.81. The van der Waals surface area contributed by atoms with Crippen molar-refractivity contribution in [3.8, 4) is 17.0 Å². The topological polar surface area (TPSA) is 59.4 Å². The number of aliphatic carboxylic acids is 1. The number of carboxylic acids is 1. The van der Waals surface area contributed by atoms with Crippen LogP contribution < -0.4 is 4.74 Å². The number of nitrogens with zero attached hydrogens (tertiary/aromatic N) is 1. The van der Waals surface area contributed by atoms with Gasteiger partial charge in [-0.25, -0.2) is 4.98 Å². The number of carboxylic acid groups (broad SMARTS) is 1. The predicted molar refractivity (Wildman–Crippen MR) is 133 cm³/mol. The number of hydrogen-bond donors (Lipinski definition) is 1. The molecule has 1 N–H and O–H groups in total. The van der Waals surface area contributed by atoms with Crippen molar-refractivity contribution in [1.82, 2.24) is 4.98 Å². The van der Waals surface area contributed by atoms with Crippen molar-refractivity contribution < 1.29 is 14.6 Å². The number of halogens is 1. The first kappa shape index (κ1) is 23.0. The Balaban J connectivity index is 1.71. The molecule has 168 valence electrons. The minimum absolute atomic E-state index is 0.0608. The van der Waals surface area contributed by atoms with Crippen LogP contribution in [0.1, 0.15) is 33.9 Å². The number of ether oxygens (including phenoxy) is 1. The van der Waals surface area contributed by atoms with Gasteiger partial charge in [-0.1, -0.05) is 66.2 Å². The Morgan fingerprint density at radius 3 is 2.30 bits per heavy atom. The molecule has 0 aliphatic heterocycles. The molecule has 3 aromatic carbocycles. The second kappa shape index (κ2) is 10.6. The highest BCUT2D eigenvalue weighted by Crippen LogP contribution is 2.35. The van der Waals surface area contributed by atoms with Crippen molar-refractivity contribution in [1.29, 1.82) is 0 Å². The summed E-state index contributed by atoms with van der Waals surface area (Å²) in [5, 5.41) is 11.0. The number of thiazole rings is 1. The van der Waals surface area contributed by atoms with Crippen molar-refractivity contribution in [2.45, 2.75) is 25.7 Å². The van der Waals surface area contributed by atoms with Crippen LogP contribution in [0.2, 0.25) is 5.02 Å². The van der Waals surface area contributed by atoms with E-state index in [2.05, 4.69) is 24.3 Å². The zero-order valence-corrected chi connectivity index (χ0v) is 19.8. The standard InChI is InChI=1S/C27H24ClNO3S/c1-2-32-22-14-10-19(11-15-22)23(18-6-4-3-5-7-18)16-25-29-27(24(33-25)17-26(30)31)20-8-12-21(28)13-9-20/h3-15,23H,2,16-17H2,1H3,(H,30,31). The van der Waals surface area contributed by atoms with Gasteiger partial charge in [-0.2, -0.15) is 0 Å². The molecule has 4 rings (SSSR count). The summed E-state index contributed by atoms with van der Waals surface area (Å²) in [5.41, 5.74) is 3.93. The fourth-order valence-electron chi connectivity index (χ4n) is 3.83. The van der Waals surface area contributed by atoms with Crippen LogP contribution in [-0.4, -0.2) is 22.7 Å². The SMILES string of the molecule is CCOc1ccc(C(Cc2nc(-c3ccc(Cl)cc3)c(CC(=O)O)s2)c2ccccc2)cc1. The van der Waals surface area contributed by atoms with Gasteiger partial charge in [0.25, 0.3) is 0 Å². The Hall–Kier alpha value is -3.15. The van der Waals surface area contributed by atoms with Crippen LogP contribution in [0.25, 0.3) is 11.3 Å². The molecule has 1 atom stereocenters. The number of rotatable bonds is 9. The molecule has 0 spiro atoms. The minimum Gasteiger partial charge on any atom is -0.494 e. The lowest BCUT2D eigenvalue weighted by Gasteiger charge is -2.17. The molecule has 4 aromatic rings. The lowest BCUT2D eigenvalue weighted by atomic mass is 9.89. The first-order valence-corrected chi connectivity index (χ1v) is 12.0. The van der Waals surface area contributed by atoms with E-state index in [4.69, 9.17) is 21.3 Å². The van der Waals surface area contributed by atoms with Crippen LogP contribution in [0.3, 0.4) is 0 Å². The smallest absolute Gasteiger partial charge is 0.308 e. The second-order valence-electron chi connectivity index (χ2n) is 7.63. The molecular formula is C27H24ClNO3S. The molecule has 0 radical (unpaired) electrons. The van der Waals surface area contributed by atoms with Crippen LogP contribution in [-0.2, 0) is 17.6 Å². The molecule has 0 saturated carbocycles. The molecule has 1 aromatic heterocycles. The van der Waals surface area contributed by atoms with Crippen molar-refractivity contribution in [3.63, 3.8) is 0 Å². The van der Waals surface area contributed by atoms with Crippen LogP contribution in [0.5, 0.6) is 5.75 Å². The second-order valence-corrected chi connectivity index (χ2v) is 9.23. The quantitative estimate of drug-likeness (QED) is 0.286. The van der Waals surface area contributed by atoms with Crippen molar-refractivity contribution >= 4 is 28.9 Å². The molecule has 0 aliphatic carbocycles. The lowest BCUT2D eigenvalue weighted by molar-refractivity contribution is -0.136. The average molecular weight is 478 g/mol. The summed E-state index contributed by atoms with van der Waals surface area (Å²) < 4.78 is 5.60. The normalized spacial score (nSPS) is 11.8. The largest absolute Gasteiger partial charge is 0.494 e. The summed E-state index contributed by atoms with van der Waals surface area (Å²) in [6.07, 6.45) is 0.609. The Morgan fingerprint density at radius 2 is 1.67 bits per heavy atom. The number of carbonyl (C=O) groups is 1. The van der Waals surface area contributed by atoms with Gasteiger partial charge in [-0.15, -0.1) is 11.3 Å². The van der Waals surface area contributed by atoms with Crippen LogP contribution in [0, 0.1) is 0 Å². The zero-order valence-electron chi connectivity index (χ0n) is 18.2. The van der Waals surface area contributed by atoms with Gasteiger partial charge in [0, 0.05) is 27.8 Å². The van der Waals surface area contributed by atoms with Crippen molar-refractivity contribution in [2.24, 2.45) is 0 Å². The molecule has 0 bridgehead atoms. The van der Waals surface area contributed by atoms with Crippen LogP contribution >= 0.6 is 22.9 Å². The maximum Gasteiger partial charge on any atom is 0.308 e. The maximum absolute atomic E-state index is 11.5. The summed E-state index contributed by atoms with van der Waals surface area (Å²) in [5.74, 6) is 0.0615. The molecule has 0 aliphatic rings. The Kier molecular flexibility index (Phi) is 7.43. The fraction of sp³-hybridized carbons (Fsp3) is 0.185. The molecular weight excluding hydrogens is 454 g/mol. The molecule has 6 heteroatoms. The van der Waals surface area contributed by atoms with E-state index in [-0.39, 0.29) is 12.3 Å². The van der Waals surface area contributed by atoms with Crippen molar-refractivity contribution in [3.05, 3.63) is 105 Å². The lowest BCUT2D eigenvalue weighted by Crippen LogP contribution is -2.05. The van der Waals surface area contributed by atoms with E-state index in [9.17, 15) is 9.90 Å². The van der Waals surface area contributed by atoms with Gasteiger partial charge >= 0.3 is 5.97 Å². The van der Waals surface area contributed by atoms with Gasteiger partial charge in [0.05, 0.1) is 23.7 Å². The van der Waals surface area contributed by atoms with Crippen molar-refractivity contribution in [2.75, 3.05) is 6.61 Å². The Morgan fingerprint density at radius 1 is 1.00 bits per heavy atom. The molecule has 0 saturated heterocycles. The predicted octanol–water partition coefficient (Wildman–Crippen LogP) is 6.86. The summed E-state index contributed by atoms with van der Waals surface area (Å²) in [4.78, 5) is 17.1. The van der Waals surface area contributed by atoms with Gasteiger partial charge in [0.1, 0.15) is 5.75 Å². The fourth-order valence-corrected chi connectivity index (χ4v) is 5.08. The molecule has 4 nitrogen and oxygen atoms in total. The van der Waals surface area contributed by atoms with E-state index in [0.29, 0.717) is 23.7 Å². The maximum atomic E-state index is 11.5. The van der Waals surface area contributed by atoms with Crippen LogP contribution in [0.4, 0.5) is 0 Å². The van der Waals surface area contributed by atoms with Gasteiger partial charge in [0.15, 0.2) is 0 Å². The molecule has 1 unspecified atom stereocenters. The number of aromatic nitrogens is 1. The van der Waals surface area contributed by atoms with E-state index in [0.717, 1.165) is 26.8 Å². The Labute approximate surface area is 202 Å². The molecule has 1 heterocycles. The molecule has 33 heavy (non-hydrogen) atoms. The van der Waals surface area contributed by atoms with Gasteiger partial charge in [0.2, 0.25) is 0 Å². The summed E-state index contributed by atoms with van der Waals surface area (Å²) in [6.45, 7) is 2.59. The highest BCUT2D eigenvalue weighted by atomic mass is 35.5. The minimum atomic E-state index is -0.869. The summed E-state index contributed by atoms with van der Waals surface area (Å²) in [6, 6.07) is 25.8. The highest BCUT2D eigenvalue weighted by Gasteiger charge is 2.21. The van der Waals surface area contributed by atoms with Crippen LogP contribution in [0.15, 0.2) is 78.9 Å². The first-order chi connectivity index (χ1) is 16.0. The van der Waals surface area contributed by atoms with Gasteiger partial charge < -0.3 is 9.84 Å². The summed E-state index contributed by atoms with van der Waals surface area (Å²) in [7, 11) is 0. The van der Waals surface area contributed by atoms with E-state index in [1.807, 2.05) is 49.4 Å². The number of hydrogen-bond acceptors (Lipinski definition) is 4. The Bertz CT molecular complexity index is 1200. The third-order valence-corrected chi connectivity index (χ3v) is 6.67. The molecule has 0 fully saturated rings. The highest BCUT2D eigenvalue weighted by molar-refractivity contribution is 7.12. The average Bonchev–Trinajstić information content (AvgIpc) is 3.21. The zero-order chi connectivity index (χ0) is 23.2. The monoisotopic (exact) mass is 477 g/mol. The van der Waals surface area contributed by atoms with E-state index < -0.39 is 5.97 Å². The summed E-state index contributed by atoms with van der Waals surface area (Å²) >= 11 is 7.51. The van der Waals surface area contributed by atoms with Gasteiger partial charge in [-0.05, 0) is 42.3 Å². The van der Waals surface area contributed by atoms with E-state index >= 15 is 0 Å². The third-order valence-electron chi connectivity index (χ3n) is 5.35.